The summed E-state index contributed by atoms with van der Waals surface area (Å²) in [7, 11) is 0. The summed E-state index contributed by atoms with van der Waals surface area (Å²) in [5.41, 5.74) is 7.70. The van der Waals surface area contributed by atoms with Gasteiger partial charge in [-0.05, 0) is 49.3 Å². The Kier molecular flexibility index (Phi) is 5.66. The molecular weight excluding hydrogens is 420 g/mol. The number of imide groups is 1. The van der Waals surface area contributed by atoms with Gasteiger partial charge in [-0.1, -0.05) is 36.9 Å². The third kappa shape index (κ3) is 3.87. The van der Waals surface area contributed by atoms with Crippen molar-refractivity contribution in [2.24, 2.45) is 11.7 Å². The lowest BCUT2D eigenvalue weighted by Crippen LogP contribution is -2.36. The number of nitrogens with two attached hydrogens (primary N) is 1. The number of amides is 3. The van der Waals surface area contributed by atoms with Crippen LogP contribution in [0.3, 0.4) is 0 Å². The van der Waals surface area contributed by atoms with Crippen molar-refractivity contribution in [1.82, 2.24) is 14.9 Å². The molecule has 0 fully saturated rings. The Bertz CT molecular complexity index is 1210. The molecule has 2 aromatic heterocycles. The van der Waals surface area contributed by atoms with E-state index in [-0.39, 0.29) is 11.3 Å². The van der Waals surface area contributed by atoms with Crippen molar-refractivity contribution in [2.75, 3.05) is 5.75 Å². The number of rotatable bonds is 4. The molecule has 156 valence electrons. The molecule has 0 bridgehead atoms. The second-order valence-corrected chi connectivity index (χ2v) is 9.58. The maximum Gasteiger partial charge on any atom is 0.318 e. The molecule has 4 rings (SSSR count). The zero-order valence-electron chi connectivity index (χ0n) is 16.7. The molecule has 0 saturated heterocycles. The number of hydrogen-bond donors (Lipinski definition) is 2. The van der Waals surface area contributed by atoms with E-state index in [1.54, 1.807) is 15.9 Å². The summed E-state index contributed by atoms with van der Waals surface area (Å²) in [6, 6.07) is 6.69. The molecule has 9 heteroatoms. The van der Waals surface area contributed by atoms with Crippen LogP contribution >= 0.6 is 23.1 Å². The Morgan fingerprint density at radius 2 is 2.13 bits per heavy atom. The van der Waals surface area contributed by atoms with E-state index in [0.29, 0.717) is 21.3 Å². The summed E-state index contributed by atoms with van der Waals surface area (Å²) in [4.78, 5) is 43.3. The van der Waals surface area contributed by atoms with Crippen molar-refractivity contribution in [1.29, 1.82) is 0 Å². The first-order chi connectivity index (χ1) is 14.3. The highest BCUT2D eigenvalue weighted by Gasteiger charge is 2.25. The van der Waals surface area contributed by atoms with E-state index in [2.05, 4.69) is 6.92 Å². The molecule has 0 aliphatic heterocycles. The van der Waals surface area contributed by atoms with E-state index in [1.807, 2.05) is 36.5 Å². The van der Waals surface area contributed by atoms with Crippen LogP contribution in [0.25, 0.3) is 15.9 Å². The Balaban J connectivity index is 1.87. The number of primary amides is 1. The minimum atomic E-state index is -0.902. The van der Waals surface area contributed by atoms with Gasteiger partial charge in [-0.15, -0.1) is 11.3 Å². The van der Waals surface area contributed by atoms with Gasteiger partial charge in [-0.25, -0.2) is 9.78 Å². The van der Waals surface area contributed by atoms with Gasteiger partial charge in [-0.2, -0.15) is 0 Å². The quantitative estimate of drug-likeness (QED) is 0.477. The second kappa shape index (κ2) is 8.23. The highest BCUT2D eigenvalue weighted by Crippen LogP contribution is 2.37. The number of nitrogens with one attached hydrogen (secondary N) is 1. The third-order valence-electron chi connectivity index (χ3n) is 5.25. The molecule has 30 heavy (non-hydrogen) atoms. The summed E-state index contributed by atoms with van der Waals surface area (Å²) in [6.45, 7) is 4.16. The van der Waals surface area contributed by atoms with Gasteiger partial charge in [0.15, 0.2) is 5.16 Å². The molecule has 1 unspecified atom stereocenters. The van der Waals surface area contributed by atoms with Gasteiger partial charge in [0, 0.05) is 4.88 Å². The lowest BCUT2D eigenvalue weighted by molar-refractivity contribution is -0.117. The fourth-order valence-corrected chi connectivity index (χ4v) is 6.03. The Labute approximate surface area is 181 Å². The Morgan fingerprint density at radius 1 is 1.37 bits per heavy atom. The first-order valence-electron chi connectivity index (χ1n) is 9.70. The Hall–Kier alpha value is -2.65. The summed E-state index contributed by atoms with van der Waals surface area (Å²) in [6.07, 6.45) is 2.91. The molecule has 0 spiro atoms. The van der Waals surface area contributed by atoms with Crippen molar-refractivity contribution in [3.63, 3.8) is 0 Å². The molecule has 0 saturated carbocycles. The number of carbonyl (C=O) groups is 2. The van der Waals surface area contributed by atoms with Gasteiger partial charge in [-0.3, -0.25) is 19.5 Å². The van der Waals surface area contributed by atoms with E-state index in [9.17, 15) is 14.4 Å². The number of fused-ring (bicyclic) bond motifs is 3. The normalized spacial score (nSPS) is 15.7. The van der Waals surface area contributed by atoms with Crippen LogP contribution in [0.5, 0.6) is 0 Å². The van der Waals surface area contributed by atoms with Gasteiger partial charge in [0.25, 0.3) is 5.56 Å². The summed E-state index contributed by atoms with van der Waals surface area (Å²) in [5, 5.41) is 3.16. The molecule has 1 aliphatic carbocycles. The molecular formula is C21H22N4O3S2. The minimum Gasteiger partial charge on any atom is -0.351 e. The second-order valence-electron chi connectivity index (χ2n) is 7.55. The van der Waals surface area contributed by atoms with E-state index in [1.165, 1.54) is 4.88 Å². The van der Waals surface area contributed by atoms with Crippen LogP contribution in [0.1, 0.15) is 29.3 Å². The van der Waals surface area contributed by atoms with Crippen molar-refractivity contribution < 1.29 is 9.59 Å². The van der Waals surface area contributed by atoms with E-state index < -0.39 is 11.9 Å². The molecule has 0 radical (unpaired) electrons. The highest BCUT2D eigenvalue weighted by atomic mass is 32.2. The van der Waals surface area contributed by atoms with E-state index in [4.69, 9.17) is 10.7 Å². The van der Waals surface area contributed by atoms with Crippen LogP contribution in [0.4, 0.5) is 4.79 Å². The number of hydrogen-bond acceptors (Lipinski definition) is 6. The number of benzene rings is 1. The van der Waals surface area contributed by atoms with Crippen molar-refractivity contribution >= 4 is 45.3 Å². The van der Waals surface area contributed by atoms with Crippen LogP contribution in [-0.2, 0) is 17.6 Å². The van der Waals surface area contributed by atoms with Crippen LogP contribution in [0.2, 0.25) is 0 Å². The molecule has 3 aromatic rings. The average Bonchev–Trinajstić information content (AvgIpc) is 3.04. The standard InChI is InChI=1S/C21H22N4O3S2/c1-11-7-8-13-15(9-11)30-18-17(13)19(27)25(14-6-4-3-5-12(14)2)21(24-18)29-10-16(26)23-20(22)28/h3-6,11H,7-10H2,1-2H3,(H3,22,23,26,28). The topological polar surface area (TPSA) is 107 Å². The Morgan fingerprint density at radius 3 is 2.87 bits per heavy atom. The van der Waals surface area contributed by atoms with E-state index in [0.717, 1.165) is 47.8 Å². The zero-order valence-corrected chi connectivity index (χ0v) is 18.4. The lowest BCUT2D eigenvalue weighted by atomic mass is 9.89. The van der Waals surface area contributed by atoms with Crippen molar-refractivity contribution in [3.8, 4) is 5.69 Å². The largest absolute Gasteiger partial charge is 0.351 e. The number of aromatic nitrogens is 2. The minimum absolute atomic E-state index is 0.0745. The van der Waals surface area contributed by atoms with Gasteiger partial charge in [0.1, 0.15) is 4.83 Å². The molecule has 1 aromatic carbocycles. The monoisotopic (exact) mass is 442 g/mol. The summed E-state index contributed by atoms with van der Waals surface area (Å²) >= 11 is 2.69. The fraction of sp³-hybridized carbons (Fsp3) is 0.333. The lowest BCUT2D eigenvalue weighted by Gasteiger charge is -2.18. The molecule has 1 atom stereocenters. The first-order valence-corrected chi connectivity index (χ1v) is 11.5. The number of urea groups is 1. The number of nitrogens with zero attached hydrogens (tertiary/aromatic N) is 2. The van der Waals surface area contributed by atoms with Crippen LogP contribution in [-0.4, -0.2) is 27.2 Å². The zero-order chi connectivity index (χ0) is 21.4. The highest BCUT2D eigenvalue weighted by molar-refractivity contribution is 7.99. The molecule has 7 nitrogen and oxygen atoms in total. The third-order valence-corrected chi connectivity index (χ3v) is 7.34. The smallest absolute Gasteiger partial charge is 0.318 e. The van der Waals surface area contributed by atoms with Crippen LogP contribution in [0.15, 0.2) is 34.2 Å². The van der Waals surface area contributed by atoms with E-state index >= 15 is 0 Å². The van der Waals surface area contributed by atoms with Gasteiger partial charge in [0.05, 0.1) is 16.8 Å². The predicted molar refractivity (Wildman–Crippen MR) is 120 cm³/mol. The predicted octanol–water partition coefficient (Wildman–Crippen LogP) is 3.17. The van der Waals surface area contributed by atoms with Crippen LogP contribution in [0, 0.1) is 12.8 Å². The number of aryl methyl sites for hydroxylation is 2. The summed E-state index contributed by atoms with van der Waals surface area (Å²) < 4.78 is 1.59. The number of thiophene rings is 1. The number of para-hydroxylation sites is 1. The van der Waals surface area contributed by atoms with Crippen molar-refractivity contribution in [2.45, 2.75) is 38.3 Å². The fourth-order valence-electron chi connectivity index (χ4n) is 3.80. The van der Waals surface area contributed by atoms with Crippen LogP contribution < -0.4 is 16.6 Å². The molecule has 3 N–H and O–H groups in total. The first kappa shape index (κ1) is 20.6. The number of thioether (sulfide) groups is 1. The molecule has 2 heterocycles. The maximum absolute atomic E-state index is 13.7. The van der Waals surface area contributed by atoms with Gasteiger partial charge < -0.3 is 5.73 Å². The molecule has 3 amide bonds. The van der Waals surface area contributed by atoms with Gasteiger partial charge >= 0.3 is 6.03 Å². The number of carbonyl (C=O) groups excluding carboxylic acids is 2. The van der Waals surface area contributed by atoms with Crippen molar-refractivity contribution in [3.05, 3.63) is 50.6 Å². The average molecular weight is 443 g/mol. The summed E-state index contributed by atoms with van der Waals surface area (Å²) in [5.74, 6) is -0.0116. The SMILES string of the molecule is Cc1ccccc1-n1c(SCC(=O)NC(N)=O)nc2sc3c(c2c1=O)CCC(C)C3. The molecule has 1 aliphatic rings. The maximum atomic E-state index is 13.7. The van der Waals surface area contributed by atoms with Gasteiger partial charge in [0.2, 0.25) is 5.91 Å².